The number of benzene rings is 2. The lowest BCUT2D eigenvalue weighted by atomic mass is 10.1. The van der Waals surface area contributed by atoms with Gasteiger partial charge in [0.1, 0.15) is 11.4 Å². The molecule has 2 heterocycles. The Hall–Kier alpha value is -2.95. The SMILES string of the molecule is COc1ccc2[nH]c(C(=O)N3CCN(c4ccccc4C)C[C@H]3C)cc2c1. The number of nitrogens with zero attached hydrogens (tertiary/aromatic N) is 2. The number of rotatable bonds is 3. The Balaban J connectivity index is 1.52. The number of aromatic amines is 1. The number of fused-ring (bicyclic) bond motifs is 1. The van der Waals surface area contributed by atoms with Gasteiger partial charge in [0.2, 0.25) is 0 Å². The monoisotopic (exact) mass is 363 g/mol. The molecule has 1 atom stereocenters. The molecule has 1 saturated heterocycles. The van der Waals surface area contributed by atoms with Gasteiger partial charge in [0.05, 0.1) is 7.11 Å². The zero-order valence-electron chi connectivity index (χ0n) is 16.0. The average molecular weight is 363 g/mol. The van der Waals surface area contributed by atoms with Crippen LogP contribution in [0.3, 0.4) is 0 Å². The van der Waals surface area contributed by atoms with Crippen LogP contribution in [0.5, 0.6) is 5.75 Å². The van der Waals surface area contributed by atoms with Crippen molar-refractivity contribution < 1.29 is 9.53 Å². The number of piperazine rings is 1. The molecule has 3 aromatic rings. The van der Waals surface area contributed by atoms with E-state index in [1.807, 2.05) is 29.2 Å². The van der Waals surface area contributed by atoms with Crippen LogP contribution in [0.2, 0.25) is 0 Å². The minimum atomic E-state index is 0.0575. The molecule has 1 aliphatic heterocycles. The topological polar surface area (TPSA) is 48.6 Å². The van der Waals surface area contributed by atoms with Crippen LogP contribution in [-0.2, 0) is 0 Å². The van der Waals surface area contributed by atoms with Crippen LogP contribution < -0.4 is 9.64 Å². The summed E-state index contributed by atoms with van der Waals surface area (Å²) in [5.41, 5.74) is 4.11. The Morgan fingerprint density at radius 1 is 1.15 bits per heavy atom. The summed E-state index contributed by atoms with van der Waals surface area (Å²) in [5.74, 6) is 0.850. The fraction of sp³-hybridized carbons (Fsp3) is 0.318. The second-order valence-electron chi connectivity index (χ2n) is 7.22. The quantitative estimate of drug-likeness (QED) is 0.769. The van der Waals surface area contributed by atoms with Gasteiger partial charge in [-0.05, 0) is 49.7 Å². The number of hydrogen-bond donors (Lipinski definition) is 1. The van der Waals surface area contributed by atoms with E-state index in [0.29, 0.717) is 12.2 Å². The summed E-state index contributed by atoms with van der Waals surface area (Å²) in [6.45, 7) is 6.65. The number of carbonyl (C=O) groups is 1. The fourth-order valence-electron chi connectivity index (χ4n) is 3.90. The molecule has 1 aromatic heterocycles. The smallest absolute Gasteiger partial charge is 0.270 e. The molecule has 27 heavy (non-hydrogen) atoms. The molecule has 1 amide bonds. The van der Waals surface area contributed by atoms with Crippen molar-refractivity contribution in [3.63, 3.8) is 0 Å². The van der Waals surface area contributed by atoms with E-state index in [9.17, 15) is 4.79 Å². The van der Waals surface area contributed by atoms with Crippen LogP contribution in [0, 0.1) is 6.92 Å². The van der Waals surface area contributed by atoms with Gasteiger partial charge in [-0.15, -0.1) is 0 Å². The third kappa shape index (κ3) is 3.25. The van der Waals surface area contributed by atoms with Gasteiger partial charge in [-0.3, -0.25) is 4.79 Å². The fourth-order valence-corrected chi connectivity index (χ4v) is 3.90. The van der Waals surface area contributed by atoms with Crippen LogP contribution in [0.15, 0.2) is 48.5 Å². The van der Waals surface area contributed by atoms with E-state index in [-0.39, 0.29) is 11.9 Å². The molecule has 1 aliphatic rings. The molecule has 0 bridgehead atoms. The number of para-hydroxylation sites is 1. The molecule has 0 radical (unpaired) electrons. The maximum Gasteiger partial charge on any atom is 0.270 e. The highest BCUT2D eigenvalue weighted by Gasteiger charge is 2.29. The lowest BCUT2D eigenvalue weighted by Gasteiger charge is -2.41. The minimum Gasteiger partial charge on any atom is -0.497 e. The molecular weight excluding hydrogens is 338 g/mol. The van der Waals surface area contributed by atoms with Crippen LogP contribution >= 0.6 is 0 Å². The molecule has 5 heteroatoms. The summed E-state index contributed by atoms with van der Waals surface area (Å²) >= 11 is 0. The van der Waals surface area contributed by atoms with Crippen LogP contribution in [0.25, 0.3) is 10.9 Å². The third-order valence-corrected chi connectivity index (χ3v) is 5.40. The van der Waals surface area contributed by atoms with Gasteiger partial charge in [-0.25, -0.2) is 0 Å². The first-order chi connectivity index (χ1) is 13.1. The van der Waals surface area contributed by atoms with Crippen LogP contribution in [-0.4, -0.2) is 48.6 Å². The van der Waals surface area contributed by atoms with Crippen LogP contribution in [0.1, 0.15) is 23.0 Å². The lowest BCUT2D eigenvalue weighted by molar-refractivity contribution is 0.0669. The van der Waals surface area contributed by atoms with Gasteiger partial charge in [0.15, 0.2) is 0 Å². The second kappa shape index (κ2) is 6.99. The number of ether oxygens (including phenoxy) is 1. The van der Waals surface area contributed by atoms with Crippen molar-refractivity contribution in [3.05, 3.63) is 59.8 Å². The Morgan fingerprint density at radius 3 is 2.70 bits per heavy atom. The summed E-state index contributed by atoms with van der Waals surface area (Å²) in [6, 6.07) is 16.3. The molecule has 1 N–H and O–H groups in total. The normalized spacial score (nSPS) is 17.4. The highest BCUT2D eigenvalue weighted by molar-refractivity contribution is 5.98. The number of aromatic nitrogens is 1. The minimum absolute atomic E-state index is 0.0575. The van der Waals surface area contributed by atoms with Crippen molar-refractivity contribution in [3.8, 4) is 5.75 Å². The number of hydrogen-bond acceptors (Lipinski definition) is 3. The van der Waals surface area contributed by atoms with Crippen molar-refractivity contribution in [2.45, 2.75) is 19.9 Å². The largest absolute Gasteiger partial charge is 0.497 e. The van der Waals surface area contributed by atoms with Crippen molar-refractivity contribution in [1.29, 1.82) is 0 Å². The molecule has 2 aromatic carbocycles. The summed E-state index contributed by atoms with van der Waals surface area (Å²) in [4.78, 5) is 20.7. The van der Waals surface area contributed by atoms with E-state index in [0.717, 1.165) is 29.7 Å². The van der Waals surface area contributed by atoms with E-state index < -0.39 is 0 Å². The predicted octanol–water partition coefficient (Wildman–Crippen LogP) is 3.84. The van der Waals surface area contributed by atoms with E-state index in [1.165, 1.54) is 11.3 Å². The number of aryl methyl sites for hydroxylation is 1. The summed E-state index contributed by atoms with van der Waals surface area (Å²) in [5, 5.41) is 0.990. The van der Waals surface area contributed by atoms with E-state index in [1.54, 1.807) is 7.11 Å². The Kier molecular flexibility index (Phi) is 4.52. The van der Waals surface area contributed by atoms with Gasteiger partial charge < -0.3 is 19.5 Å². The summed E-state index contributed by atoms with van der Waals surface area (Å²) in [7, 11) is 1.65. The zero-order chi connectivity index (χ0) is 19.0. The van der Waals surface area contributed by atoms with Crippen LogP contribution in [0.4, 0.5) is 5.69 Å². The molecule has 0 unspecified atom stereocenters. The molecule has 4 rings (SSSR count). The molecule has 0 spiro atoms. The van der Waals surface area contributed by atoms with Crippen molar-refractivity contribution in [2.75, 3.05) is 31.6 Å². The van der Waals surface area contributed by atoms with Gasteiger partial charge in [-0.1, -0.05) is 18.2 Å². The van der Waals surface area contributed by atoms with Crippen molar-refractivity contribution >= 4 is 22.5 Å². The Bertz CT molecular complexity index is 979. The first-order valence-electron chi connectivity index (χ1n) is 9.35. The number of amides is 1. The highest BCUT2D eigenvalue weighted by atomic mass is 16.5. The number of anilines is 1. The maximum atomic E-state index is 13.1. The Labute approximate surface area is 159 Å². The van der Waals surface area contributed by atoms with Crippen molar-refractivity contribution in [2.24, 2.45) is 0 Å². The summed E-state index contributed by atoms with van der Waals surface area (Å²) in [6.07, 6.45) is 0. The molecular formula is C22H25N3O2. The number of H-pyrrole nitrogens is 1. The molecule has 0 saturated carbocycles. The number of methoxy groups -OCH3 is 1. The van der Waals surface area contributed by atoms with Gasteiger partial charge in [0.25, 0.3) is 5.91 Å². The standard InChI is InChI=1S/C22H25N3O2/c1-15-6-4-5-7-21(15)24-10-11-25(16(2)14-24)22(26)20-13-17-12-18(27-3)8-9-19(17)23-20/h4-9,12-13,16,23H,10-11,14H2,1-3H3/t16-/m1/s1. The van der Waals surface area contributed by atoms with Gasteiger partial charge in [-0.2, -0.15) is 0 Å². The first-order valence-corrected chi connectivity index (χ1v) is 9.35. The lowest BCUT2D eigenvalue weighted by Crippen LogP contribution is -2.54. The molecule has 140 valence electrons. The van der Waals surface area contributed by atoms with E-state index in [4.69, 9.17) is 4.74 Å². The molecule has 1 fully saturated rings. The highest BCUT2D eigenvalue weighted by Crippen LogP contribution is 2.25. The van der Waals surface area contributed by atoms with Gasteiger partial charge >= 0.3 is 0 Å². The molecule has 5 nitrogen and oxygen atoms in total. The van der Waals surface area contributed by atoms with E-state index >= 15 is 0 Å². The average Bonchev–Trinajstić information content (AvgIpc) is 3.11. The number of carbonyl (C=O) groups excluding carboxylic acids is 1. The van der Waals surface area contributed by atoms with Gasteiger partial charge in [0, 0.05) is 42.3 Å². The first kappa shape index (κ1) is 17.5. The number of nitrogens with one attached hydrogen (secondary N) is 1. The summed E-state index contributed by atoms with van der Waals surface area (Å²) < 4.78 is 5.27. The maximum absolute atomic E-state index is 13.1. The Morgan fingerprint density at radius 2 is 1.96 bits per heavy atom. The molecule has 0 aliphatic carbocycles. The predicted molar refractivity (Wildman–Crippen MR) is 109 cm³/mol. The second-order valence-corrected chi connectivity index (χ2v) is 7.22. The van der Waals surface area contributed by atoms with Crippen molar-refractivity contribution in [1.82, 2.24) is 9.88 Å². The zero-order valence-corrected chi connectivity index (χ0v) is 16.0. The third-order valence-electron chi connectivity index (χ3n) is 5.40. The van der Waals surface area contributed by atoms with E-state index in [2.05, 4.69) is 48.0 Å².